The Morgan fingerprint density at radius 2 is 1.85 bits per heavy atom. The number of aliphatic hydroxyl groups is 1. The average molecular weight is 554 g/mol. The molecule has 39 heavy (non-hydrogen) atoms. The lowest BCUT2D eigenvalue weighted by Crippen LogP contribution is -2.43. The van der Waals surface area contributed by atoms with Crippen LogP contribution >= 0.6 is 0 Å². The van der Waals surface area contributed by atoms with Gasteiger partial charge in [0.2, 0.25) is 10.0 Å². The Balaban J connectivity index is 1.23. The highest BCUT2D eigenvalue weighted by Crippen LogP contribution is 2.36. The Hall–Kier alpha value is -3.28. The number of hydrogen-bond acceptors (Lipinski definition) is 9. The van der Waals surface area contributed by atoms with E-state index in [2.05, 4.69) is 19.9 Å². The first-order valence-electron chi connectivity index (χ1n) is 13.2. The van der Waals surface area contributed by atoms with Crippen molar-refractivity contribution in [2.45, 2.75) is 56.1 Å². The Morgan fingerprint density at radius 1 is 1.13 bits per heavy atom. The number of nitrogens with zero attached hydrogens (tertiary/aromatic N) is 5. The van der Waals surface area contributed by atoms with E-state index in [-0.39, 0.29) is 25.2 Å². The standard InChI is InChI=1S/C28H35N5O5S/c1-20-17-24(37-3)18-21(2)26(20)39(35,36)33(23-6-7-23)15-16-38-27-30-12-8-25(31-27)32-13-9-28(34,10-14-32)22-5-4-11-29-19-22/h4-5,8,11-12,17-19,23,34H,6-7,9-10,13-16H2,1-3H3. The van der Waals surface area contributed by atoms with E-state index in [1.54, 1.807) is 56.0 Å². The van der Waals surface area contributed by atoms with Gasteiger partial charge in [0.25, 0.3) is 0 Å². The van der Waals surface area contributed by atoms with Crippen LogP contribution in [0.5, 0.6) is 11.8 Å². The Kier molecular flexibility index (Phi) is 7.75. The van der Waals surface area contributed by atoms with Crippen LogP contribution in [0.1, 0.15) is 42.4 Å². The van der Waals surface area contributed by atoms with Gasteiger partial charge in [-0.3, -0.25) is 4.98 Å². The summed E-state index contributed by atoms with van der Waals surface area (Å²) in [5.74, 6) is 1.35. The van der Waals surface area contributed by atoms with Gasteiger partial charge in [-0.2, -0.15) is 9.29 Å². The zero-order chi connectivity index (χ0) is 27.6. The molecule has 0 amide bonds. The van der Waals surface area contributed by atoms with Gasteiger partial charge in [-0.1, -0.05) is 6.07 Å². The third-order valence-electron chi connectivity index (χ3n) is 7.47. The second-order valence-corrected chi connectivity index (χ2v) is 12.1. The lowest BCUT2D eigenvalue weighted by molar-refractivity contribution is 0.0113. The van der Waals surface area contributed by atoms with Crippen molar-refractivity contribution >= 4 is 15.8 Å². The number of methoxy groups -OCH3 is 1. The lowest BCUT2D eigenvalue weighted by atomic mass is 9.85. The van der Waals surface area contributed by atoms with Gasteiger partial charge in [-0.25, -0.2) is 13.4 Å². The number of aryl methyl sites for hydroxylation is 2. The van der Waals surface area contributed by atoms with Gasteiger partial charge in [0.15, 0.2) is 0 Å². The number of hydrogen-bond donors (Lipinski definition) is 1. The molecule has 1 N–H and O–H groups in total. The van der Waals surface area contributed by atoms with Crippen molar-refractivity contribution in [3.05, 3.63) is 65.6 Å². The maximum absolute atomic E-state index is 13.7. The first-order valence-corrected chi connectivity index (χ1v) is 14.7. The molecule has 2 fully saturated rings. The summed E-state index contributed by atoms with van der Waals surface area (Å²) in [5.41, 5.74) is 1.24. The Labute approximate surface area is 229 Å². The van der Waals surface area contributed by atoms with Crippen molar-refractivity contribution in [2.75, 3.05) is 38.3 Å². The Morgan fingerprint density at radius 3 is 2.46 bits per heavy atom. The van der Waals surface area contributed by atoms with Crippen LogP contribution < -0.4 is 14.4 Å². The summed E-state index contributed by atoms with van der Waals surface area (Å²) in [6.07, 6.45) is 7.83. The third kappa shape index (κ3) is 5.85. The SMILES string of the molecule is COc1cc(C)c(S(=O)(=O)N(CCOc2nccc(N3CCC(O)(c4cccnc4)CC3)n2)C2CC2)c(C)c1. The Bertz CT molecular complexity index is 1380. The largest absolute Gasteiger partial charge is 0.497 e. The quantitative estimate of drug-likeness (QED) is 0.404. The van der Waals surface area contributed by atoms with Crippen LogP contribution in [-0.2, 0) is 15.6 Å². The van der Waals surface area contributed by atoms with Gasteiger partial charge in [0.1, 0.15) is 18.2 Å². The molecule has 1 saturated carbocycles. The fraction of sp³-hybridized carbons (Fsp3) is 0.464. The fourth-order valence-corrected chi connectivity index (χ4v) is 7.34. The molecule has 0 bridgehead atoms. The molecule has 1 aromatic carbocycles. The van der Waals surface area contributed by atoms with Gasteiger partial charge in [0.05, 0.1) is 17.6 Å². The van der Waals surface area contributed by atoms with E-state index >= 15 is 0 Å². The monoisotopic (exact) mass is 553 g/mol. The molecule has 3 aromatic rings. The van der Waals surface area contributed by atoms with E-state index in [1.807, 2.05) is 18.2 Å². The molecule has 11 heteroatoms. The first kappa shape index (κ1) is 27.3. The number of aromatic nitrogens is 3. The first-order chi connectivity index (χ1) is 18.7. The van der Waals surface area contributed by atoms with Crippen molar-refractivity contribution in [1.29, 1.82) is 0 Å². The lowest BCUT2D eigenvalue weighted by Gasteiger charge is -2.38. The minimum atomic E-state index is -3.72. The van der Waals surface area contributed by atoms with E-state index < -0.39 is 15.6 Å². The summed E-state index contributed by atoms with van der Waals surface area (Å²) in [7, 11) is -2.15. The van der Waals surface area contributed by atoms with Crippen molar-refractivity contribution < 1.29 is 23.0 Å². The summed E-state index contributed by atoms with van der Waals surface area (Å²) >= 11 is 0. The van der Waals surface area contributed by atoms with E-state index in [9.17, 15) is 13.5 Å². The topological polar surface area (TPSA) is 118 Å². The zero-order valence-electron chi connectivity index (χ0n) is 22.6. The molecule has 10 nitrogen and oxygen atoms in total. The number of rotatable bonds is 10. The summed E-state index contributed by atoms with van der Waals surface area (Å²) < 4.78 is 40.1. The number of sulfonamides is 1. The molecule has 0 atom stereocenters. The highest BCUT2D eigenvalue weighted by Gasteiger charge is 2.39. The third-order valence-corrected chi connectivity index (χ3v) is 9.72. The summed E-state index contributed by atoms with van der Waals surface area (Å²) in [5, 5.41) is 11.1. The van der Waals surface area contributed by atoms with Gasteiger partial charge in [-0.15, -0.1) is 0 Å². The number of piperidine rings is 1. The van der Waals surface area contributed by atoms with Gasteiger partial charge >= 0.3 is 6.01 Å². The van der Waals surface area contributed by atoms with Gasteiger partial charge < -0.3 is 19.5 Å². The molecule has 2 aliphatic rings. The highest BCUT2D eigenvalue weighted by atomic mass is 32.2. The van der Waals surface area contributed by atoms with Crippen LogP contribution in [0.25, 0.3) is 0 Å². The molecule has 0 radical (unpaired) electrons. The highest BCUT2D eigenvalue weighted by molar-refractivity contribution is 7.89. The van der Waals surface area contributed by atoms with Crippen LogP contribution in [0.4, 0.5) is 5.82 Å². The van der Waals surface area contributed by atoms with Crippen LogP contribution in [0, 0.1) is 13.8 Å². The molecular weight excluding hydrogens is 518 g/mol. The van der Waals surface area contributed by atoms with Crippen molar-refractivity contribution in [3.63, 3.8) is 0 Å². The van der Waals surface area contributed by atoms with Crippen LogP contribution in [0.3, 0.4) is 0 Å². The van der Waals surface area contributed by atoms with Crippen LogP contribution in [0.15, 0.2) is 53.8 Å². The minimum Gasteiger partial charge on any atom is -0.497 e. The maximum atomic E-state index is 13.7. The summed E-state index contributed by atoms with van der Waals surface area (Å²) in [6, 6.07) is 9.23. The van der Waals surface area contributed by atoms with E-state index in [0.29, 0.717) is 53.5 Å². The molecule has 0 spiro atoms. The van der Waals surface area contributed by atoms with Gasteiger partial charge in [-0.05, 0) is 74.9 Å². The molecule has 3 heterocycles. The van der Waals surface area contributed by atoms with Crippen LogP contribution in [0.2, 0.25) is 0 Å². The van der Waals surface area contributed by atoms with Crippen LogP contribution in [-0.4, -0.2) is 72.2 Å². The number of ether oxygens (including phenoxy) is 2. The second-order valence-electron chi connectivity index (χ2n) is 10.2. The summed E-state index contributed by atoms with van der Waals surface area (Å²) in [6.45, 7) is 5.16. The molecule has 5 rings (SSSR count). The van der Waals surface area contributed by atoms with Gasteiger partial charge in [0, 0.05) is 49.8 Å². The van der Waals surface area contributed by atoms with Crippen molar-refractivity contribution in [2.24, 2.45) is 0 Å². The fourth-order valence-electron chi connectivity index (χ4n) is 5.25. The molecule has 2 aromatic heterocycles. The van der Waals surface area contributed by atoms with E-state index in [0.717, 1.165) is 18.4 Å². The molecule has 208 valence electrons. The normalized spacial score (nSPS) is 17.3. The van der Waals surface area contributed by atoms with Crippen molar-refractivity contribution in [3.8, 4) is 11.8 Å². The number of pyridine rings is 1. The van der Waals surface area contributed by atoms with Crippen molar-refractivity contribution in [1.82, 2.24) is 19.3 Å². The average Bonchev–Trinajstić information content (AvgIpc) is 3.76. The second kappa shape index (κ2) is 11.1. The summed E-state index contributed by atoms with van der Waals surface area (Å²) in [4.78, 5) is 15.4. The predicted octanol–water partition coefficient (Wildman–Crippen LogP) is 3.22. The molecule has 1 aliphatic heterocycles. The molecule has 0 unspecified atom stereocenters. The van der Waals surface area contributed by atoms with E-state index in [4.69, 9.17) is 9.47 Å². The number of benzene rings is 1. The number of anilines is 1. The smallest absolute Gasteiger partial charge is 0.318 e. The minimum absolute atomic E-state index is 0.0290. The molecule has 1 saturated heterocycles. The maximum Gasteiger partial charge on any atom is 0.318 e. The van der Waals surface area contributed by atoms with E-state index in [1.165, 1.54) is 0 Å². The predicted molar refractivity (Wildman–Crippen MR) is 146 cm³/mol. The zero-order valence-corrected chi connectivity index (χ0v) is 23.4. The molecular formula is C28H35N5O5S. The molecule has 1 aliphatic carbocycles.